The van der Waals surface area contributed by atoms with E-state index in [9.17, 15) is 9.18 Å². The maximum atomic E-state index is 13.1. The minimum atomic E-state index is -0.270. The molecule has 1 amide bonds. The van der Waals surface area contributed by atoms with E-state index in [-0.39, 0.29) is 17.6 Å². The molecule has 0 aliphatic carbocycles. The highest BCUT2D eigenvalue weighted by Crippen LogP contribution is 2.11. The van der Waals surface area contributed by atoms with E-state index in [0.717, 1.165) is 11.3 Å². The molecule has 4 nitrogen and oxygen atoms in total. The van der Waals surface area contributed by atoms with Crippen LogP contribution in [0.25, 0.3) is 0 Å². The van der Waals surface area contributed by atoms with Crippen LogP contribution in [-0.2, 0) is 17.8 Å². The summed E-state index contributed by atoms with van der Waals surface area (Å²) < 4.78 is 13.1. The Hall–Kier alpha value is -2.27. The molecule has 1 heterocycles. The van der Waals surface area contributed by atoms with Crippen molar-refractivity contribution < 1.29 is 9.18 Å². The summed E-state index contributed by atoms with van der Waals surface area (Å²) in [5, 5.41) is 3.04. The average molecular weight is 329 g/mol. The highest BCUT2D eigenvalue weighted by atomic mass is 19.1. The SMILES string of the molecule is CNCC(C)C(=O)N(CCc1ccccn1)Cc1ccc(F)cc1. The Morgan fingerprint density at radius 3 is 2.62 bits per heavy atom. The monoisotopic (exact) mass is 329 g/mol. The van der Waals surface area contributed by atoms with Gasteiger partial charge in [-0.25, -0.2) is 4.39 Å². The predicted octanol–water partition coefficient (Wildman–Crippen LogP) is 2.65. The number of hydrogen-bond acceptors (Lipinski definition) is 3. The molecule has 128 valence electrons. The molecule has 0 saturated heterocycles. The lowest BCUT2D eigenvalue weighted by Crippen LogP contribution is -2.39. The van der Waals surface area contributed by atoms with Gasteiger partial charge in [-0.1, -0.05) is 25.1 Å². The number of pyridine rings is 1. The number of hydrogen-bond donors (Lipinski definition) is 1. The number of rotatable bonds is 8. The third-order valence-electron chi connectivity index (χ3n) is 3.89. The summed E-state index contributed by atoms with van der Waals surface area (Å²) >= 11 is 0. The Morgan fingerprint density at radius 1 is 1.25 bits per heavy atom. The van der Waals surface area contributed by atoms with Crippen molar-refractivity contribution in [1.82, 2.24) is 15.2 Å². The van der Waals surface area contributed by atoms with Gasteiger partial charge in [-0.05, 0) is 36.9 Å². The third kappa shape index (κ3) is 5.42. The van der Waals surface area contributed by atoms with Crippen molar-refractivity contribution in [3.05, 3.63) is 65.7 Å². The molecule has 2 rings (SSSR count). The molecule has 1 atom stereocenters. The van der Waals surface area contributed by atoms with Crippen molar-refractivity contribution in [1.29, 1.82) is 0 Å². The van der Waals surface area contributed by atoms with E-state index in [1.807, 2.05) is 37.1 Å². The first-order valence-corrected chi connectivity index (χ1v) is 8.18. The molecule has 0 aliphatic heterocycles. The summed E-state index contributed by atoms with van der Waals surface area (Å²) in [6, 6.07) is 12.1. The van der Waals surface area contributed by atoms with Gasteiger partial charge in [-0.2, -0.15) is 0 Å². The van der Waals surface area contributed by atoms with Gasteiger partial charge in [-0.15, -0.1) is 0 Å². The molecule has 0 aliphatic rings. The van der Waals surface area contributed by atoms with Crippen molar-refractivity contribution in [3.63, 3.8) is 0 Å². The normalized spacial score (nSPS) is 12.0. The fraction of sp³-hybridized carbons (Fsp3) is 0.368. The van der Waals surface area contributed by atoms with Crippen LogP contribution < -0.4 is 5.32 Å². The van der Waals surface area contributed by atoms with Crippen LogP contribution in [0.5, 0.6) is 0 Å². The smallest absolute Gasteiger partial charge is 0.226 e. The van der Waals surface area contributed by atoms with E-state index in [1.165, 1.54) is 12.1 Å². The van der Waals surface area contributed by atoms with Crippen LogP contribution in [0.3, 0.4) is 0 Å². The molecule has 5 heteroatoms. The molecule has 0 bridgehead atoms. The summed E-state index contributed by atoms with van der Waals surface area (Å²) in [7, 11) is 1.84. The zero-order valence-electron chi connectivity index (χ0n) is 14.2. The van der Waals surface area contributed by atoms with Gasteiger partial charge in [0.15, 0.2) is 0 Å². The van der Waals surface area contributed by atoms with E-state index in [2.05, 4.69) is 10.3 Å². The van der Waals surface area contributed by atoms with Crippen LogP contribution in [0, 0.1) is 11.7 Å². The number of amides is 1. The van der Waals surface area contributed by atoms with Crippen molar-refractivity contribution in [2.75, 3.05) is 20.1 Å². The van der Waals surface area contributed by atoms with Crippen molar-refractivity contribution in [3.8, 4) is 0 Å². The predicted molar refractivity (Wildman–Crippen MR) is 92.8 cm³/mol. The van der Waals surface area contributed by atoms with Crippen LogP contribution in [0.2, 0.25) is 0 Å². The minimum Gasteiger partial charge on any atom is -0.338 e. The molecular weight excluding hydrogens is 305 g/mol. The Labute approximate surface area is 142 Å². The summed E-state index contributed by atoms with van der Waals surface area (Å²) in [4.78, 5) is 18.9. The van der Waals surface area contributed by atoms with Gasteiger partial charge in [0.2, 0.25) is 5.91 Å². The van der Waals surface area contributed by atoms with Gasteiger partial charge in [-0.3, -0.25) is 9.78 Å². The lowest BCUT2D eigenvalue weighted by Gasteiger charge is -2.26. The van der Waals surface area contributed by atoms with E-state index >= 15 is 0 Å². The van der Waals surface area contributed by atoms with Crippen LogP contribution >= 0.6 is 0 Å². The molecule has 0 radical (unpaired) electrons. The number of carbonyl (C=O) groups is 1. The van der Waals surface area contributed by atoms with Crippen LogP contribution in [0.4, 0.5) is 4.39 Å². The van der Waals surface area contributed by atoms with E-state index < -0.39 is 0 Å². The molecule has 0 saturated carbocycles. The average Bonchev–Trinajstić information content (AvgIpc) is 2.60. The molecule has 1 unspecified atom stereocenters. The summed E-state index contributed by atoms with van der Waals surface area (Å²) in [5.41, 5.74) is 1.87. The van der Waals surface area contributed by atoms with Crippen molar-refractivity contribution in [2.45, 2.75) is 19.9 Å². The number of halogens is 1. The standard InChI is InChI=1S/C19H24FN3O/c1-15(13-21-2)19(24)23(12-10-18-5-3-4-11-22-18)14-16-6-8-17(20)9-7-16/h3-9,11,15,21H,10,12-14H2,1-2H3. The van der Waals surface area contributed by atoms with Gasteiger partial charge in [0, 0.05) is 43.9 Å². The van der Waals surface area contributed by atoms with E-state index in [1.54, 1.807) is 18.3 Å². The molecular formula is C19H24FN3O. The quantitative estimate of drug-likeness (QED) is 0.810. The second kappa shape index (κ2) is 9.13. The highest BCUT2D eigenvalue weighted by Gasteiger charge is 2.20. The van der Waals surface area contributed by atoms with Gasteiger partial charge < -0.3 is 10.2 Å². The van der Waals surface area contributed by atoms with Crippen LogP contribution in [-0.4, -0.2) is 35.9 Å². The van der Waals surface area contributed by atoms with Gasteiger partial charge in [0.25, 0.3) is 0 Å². The fourth-order valence-electron chi connectivity index (χ4n) is 2.58. The molecule has 0 fully saturated rings. The van der Waals surface area contributed by atoms with Crippen molar-refractivity contribution >= 4 is 5.91 Å². The largest absolute Gasteiger partial charge is 0.338 e. The fourth-order valence-corrected chi connectivity index (χ4v) is 2.58. The number of benzene rings is 1. The van der Waals surface area contributed by atoms with Crippen LogP contribution in [0.1, 0.15) is 18.2 Å². The lowest BCUT2D eigenvalue weighted by molar-refractivity contribution is -0.135. The molecule has 1 N–H and O–H groups in total. The van der Waals surface area contributed by atoms with E-state index in [4.69, 9.17) is 0 Å². The maximum Gasteiger partial charge on any atom is 0.226 e. The van der Waals surface area contributed by atoms with Crippen molar-refractivity contribution in [2.24, 2.45) is 5.92 Å². The summed E-state index contributed by atoms with van der Waals surface area (Å²) in [6.45, 7) is 3.60. The molecule has 24 heavy (non-hydrogen) atoms. The molecule has 2 aromatic rings. The number of nitrogens with zero attached hydrogens (tertiary/aromatic N) is 2. The summed E-state index contributed by atoms with van der Waals surface area (Å²) in [6.07, 6.45) is 2.45. The van der Waals surface area contributed by atoms with Gasteiger partial charge >= 0.3 is 0 Å². The van der Waals surface area contributed by atoms with Gasteiger partial charge in [0.1, 0.15) is 5.82 Å². The minimum absolute atomic E-state index is 0.0876. The first kappa shape index (κ1) is 18.1. The second-order valence-electron chi connectivity index (χ2n) is 5.92. The Kier molecular flexibility index (Phi) is 6.88. The topological polar surface area (TPSA) is 45.2 Å². The number of aromatic nitrogens is 1. The first-order chi connectivity index (χ1) is 11.6. The Bertz CT molecular complexity index is 631. The molecule has 1 aromatic heterocycles. The number of carbonyl (C=O) groups excluding carboxylic acids is 1. The molecule has 0 spiro atoms. The number of nitrogens with one attached hydrogen (secondary N) is 1. The second-order valence-corrected chi connectivity index (χ2v) is 5.92. The maximum absolute atomic E-state index is 13.1. The first-order valence-electron chi connectivity index (χ1n) is 8.18. The van der Waals surface area contributed by atoms with Gasteiger partial charge in [0.05, 0.1) is 0 Å². The highest BCUT2D eigenvalue weighted by molar-refractivity contribution is 5.78. The Balaban J connectivity index is 2.07. The zero-order valence-corrected chi connectivity index (χ0v) is 14.2. The zero-order chi connectivity index (χ0) is 17.4. The molecule has 1 aromatic carbocycles. The van der Waals surface area contributed by atoms with Crippen LogP contribution in [0.15, 0.2) is 48.7 Å². The van der Waals surface area contributed by atoms with E-state index in [0.29, 0.717) is 26.1 Å². The summed E-state index contributed by atoms with van der Waals surface area (Å²) in [5.74, 6) is -0.294. The Morgan fingerprint density at radius 2 is 2.00 bits per heavy atom. The lowest BCUT2D eigenvalue weighted by atomic mass is 10.1. The third-order valence-corrected chi connectivity index (χ3v) is 3.89.